The van der Waals surface area contributed by atoms with Gasteiger partial charge >= 0.3 is 0 Å². The Morgan fingerprint density at radius 2 is 1.96 bits per heavy atom. The van der Waals surface area contributed by atoms with Gasteiger partial charge in [0.25, 0.3) is 0 Å². The Labute approximate surface area is 166 Å². The van der Waals surface area contributed by atoms with E-state index < -0.39 is 0 Å². The standard InChI is InChI=1S/C10H8N4O.C10H17N.C2H4/c15-5-8-13-7-4-12-6-2-1-3-11-9(6)10(7)14-8;11-9-5-4-8-10-6-2-1-3-7-10;1-2/h1-4,15H,5H2,(H,13,14);10H,1-8H2;1-2H2. The molecule has 0 aromatic carbocycles. The lowest BCUT2D eigenvalue weighted by atomic mass is 9.86. The Balaban J connectivity index is 0.000000193. The van der Waals surface area contributed by atoms with Crippen molar-refractivity contribution in [3.05, 3.63) is 43.5 Å². The van der Waals surface area contributed by atoms with E-state index in [9.17, 15) is 0 Å². The molecule has 148 valence electrons. The number of hydrogen-bond donors (Lipinski definition) is 2. The molecule has 3 heterocycles. The number of nitrogens with zero attached hydrogens (tertiary/aromatic N) is 4. The van der Waals surface area contributed by atoms with Gasteiger partial charge in [-0.25, -0.2) is 4.98 Å². The maximum absolute atomic E-state index is 8.98. The van der Waals surface area contributed by atoms with Crippen LogP contribution in [0.3, 0.4) is 0 Å². The number of nitrogens with one attached hydrogen (secondary N) is 1. The van der Waals surface area contributed by atoms with Gasteiger partial charge < -0.3 is 10.1 Å². The summed E-state index contributed by atoms with van der Waals surface area (Å²) in [6.45, 7) is 5.89. The summed E-state index contributed by atoms with van der Waals surface area (Å²) in [7, 11) is 0. The van der Waals surface area contributed by atoms with Crippen LogP contribution < -0.4 is 0 Å². The number of aliphatic hydroxyl groups is 1. The average molecular weight is 380 g/mol. The van der Waals surface area contributed by atoms with E-state index in [1.165, 1.54) is 38.5 Å². The first-order chi connectivity index (χ1) is 13.8. The molecule has 0 unspecified atom stereocenters. The smallest absolute Gasteiger partial charge is 0.133 e. The fraction of sp³-hybridized carbons (Fsp3) is 0.455. The van der Waals surface area contributed by atoms with Gasteiger partial charge in [0.2, 0.25) is 0 Å². The van der Waals surface area contributed by atoms with Gasteiger partial charge in [-0.1, -0.05) is 32.1 Å². The van der Waals surface area contributed by atoms with E-state index in [4.69, 9.17) is 10.4 Å². The van der Waals surface area contributed by atoms with Crippen LogP contribution in [-0.4, -0.2) is 25.0 Å². The molecular formula is C22H29N5O. The van der Waals surface area contributed by atoms with Gasteiger partial charge in [-0.3, -0.25) is 9.97 Å². The van der Waals surface area contributed by atoms with E-state index >= 15 is 0 Å². The first-order valence-electron chi connectivity index (χ1n) is 9.88. The van der Waals surface area contributed by atoms with Crippen LogP contribution in [0.5, 0.6) is 0 Å². The van der Waals surface area contributed by atoms with Crippen LogP contribution in [0.15, 0.2) is 37.7 Å². The minimum absolute atomic E-state index is 0.108. The molecule has 3 aromatic rings. The van der Waals surface area contributed by atoms with E-state index in [0.717, 1.165) is 40.8 Å². The van der Waals surface area contributed by atoms with Crippen molar-refractivity contribution < 1.29 is 5.11 Å². The fourth-order valence-electron chi connectivity index (χ4n) is 3.55. The molecule has 1 aliphatic rings. The predicted molar refractivity (Wildman–Crippen MR) is 112 cm³/mol. The monoisotopic (exact) mass is 379 g/mol. The van der Waals surface area contributed by atoms with Gasteiger partial charge in [0, 0.05) is 12.6 Å². The van der Waals surface area contributed by atoms with Gasteiger partial charge in [-0.2, -0.15) is 5.26 Å². The van der Waals surface area contributed by atoms with Gasteiger partial charge in [0.15, 0.2) is 0 Å². The van der Waals surface area contributed by atoms with Crippen LogP contribution in [0.25, 0.3) is 22.1 Å². The molecule has 28 heavy (non-hydrogen) atoms. The van der Waals surface area contributed by atoms with Crippen LogP contribution in [0.1, 0.15) is 57.2 Å². The quantitative estimate of drug-likeness (QED) is 0.487. The third kappa shape index (κ3) is 5.86. The molecule has 1 saturated carbocycles. The number of rotatable bonds is 4. The van der Waals surface area contributed by atoms with Gasteiger partial charge in [-0.15, -0.1) is 13.2 Å². The molecule has 2 N–H and O–H groups in total. The Morgan fingerprint density at radius 3 is 2.68 bits per heavy atom. The zero-order valence-electron chi connectivity index (χ0n) is 16.4. The minimum atomic E-state index is -0.108. The van der Waals surface area contributed by atoms with E-state index in [1.807, 2.05) is 12.1 Å². The highest BCUT2D eigenvalue weighted by Crippen LogP contribution is 2.27. The van der Waals surface area contributed by atoms with Crippen molar-refractivity contribution in [3.8, 4) is 6.07 Å². The Kier molecular flexibility index (Phi) is 9.09. The molecule has 1 aliphatic carbocycles. The first-order valence-corrected chi connectivity index (χ1v) is 9.88. The minimum Gasteiger partial charge on any atom is -0.388 e. The van der Waals surface area contributed by atoms with Gasteiger partial charge in [0.1, 0.15) is 23.5 Å². The van der Waals surface area contributed by atoms with Crippen LogP contribution in [0.2, 0.25) is 0 Å². The molecule has 6 heteroatoms. The Bertz CT molecular complexity index is 893. The molecule has 0 aliphatic heterocycles. The third-order valence-corrected chi connectivity index (χ3v) is 4.90. The lowest BCUT2D eigenvalue weighted by Crippen LogP contribution is -2.05. The molecule has 0 spiro atoms. The second-order valence-corrected chi connectivity index (χ2v) is 6.79. The number of nitriles is 1. The number of fused-ring (bicyclic) bond motifs is 3. The molecule has 0 radical (unpaired) electrons. The number of aromatic nitrogens is 4. The number of unbranched alkanes of at least 4 members (excludes halogenated alkanes) is 1. The SMILES string of the molecule is C=C.N#CCCCC1CCCCC1.OCc1nc2c(cnc3cccnc32)[nH]1. The van der Waals surface area contributed by atoms with Crippen LogP contribution in [-0.2, 0) is 6.61 Å². The van der Waals surface area contributed by atoms with E-state index in [2.05, 4.69) is 39.2 Å². The highest BCUT2D eigenvalue weighted by Gasteiger charge is 2.12. The average Bonchev–Trinajstić information content (AvgIpc) is 3.21. The summed E-state index contributed by atoms with van der Waals surface area (Å²) in [5.74, 6) is 1.49. The lowest BCUT2D eigenvalue weighted by Gasteiger charge is -2.20. The van der Waals surface area contributed by atoms with Crippen molar-refractivity contribution in [2.45, 2.75) is 58.0 Å². The second-order valence-electron chi connectivity index (χ2n) is 6.79. The molecule has 6 nitrogen and oxygen atoms in total. The molecule has 0 amide bonds. The van der Waals surface area contributed by atoms with Crippen molar-refractivity contribution >= 4 is 22.1 Å². The maximum atomic E-state index is 8.98. The van der Waals surface area contributed by atoms with Crippen LogP contribution in [0.4, 0.5) is 0 Å². The number of aliphatic hydroxyl groups excluding tert-OH is 1. The third-order valence-electron chi connectivity index (χ3n) is 4.90. The zero-order valence-corrected chi connectivity index (χ0v) is 16.4. The number of imidazole rings is 1. The van der Waals surface area contributed by atoms with Crippen LogP contribution >= 0.6 is 0 Å². The normalized spacial score (nSPS) is 13.9. The molecule has 3 aromatic heterocycles. The summed E-state index contributed by atoms with van der Waals surface area (Å²) in [5, 5.41) is 17.3. The largest absolute Gasteiger partial charge is 0.388 e. The van der Waals surface area contributed by atoms with Crippen LogP contribution in [0, 0.1) is 17.2 Å². The van der Waals surface area contributed by atoms with Crippen molar-refractivity contribution in [2.24, 2.45) is 5.92 Å². The Hall–Kier alpha value is -2.78. The number of aromatic amines is 1. The first kappa shape index (κ1) is 21.5. The van der Waals surface area contributed by atoms with E-state index in [-0.39, 0.29) is 6.61 Å². The molecule has 0 bridgehead atoms. The number of pyridine rings is 2. The van der Waals surface area contributed by atoms with Crippen molar-refractivity contribution in [2.75, 3.05) is 0 Å². The second kappa shape index (κ2) is 11.8. The lowest BCUT2D eigenvalue weighted by molar-refractivity contribution is 0.273. The van der Waals surface area contributed by atoms with Gasteiger partial charge in [-0.05, 0) is 30.9 Å². The summed E-state index contributed by atoms with van der Waals surface area (Å²) >= 11 is 0. The summed E-state index contributed by atoms with van der Waals surface area (Å²) in [4.78, 5) is 15.7. The number of H-pyrrole nitrogens is 1. The topological polar surface area (TPSA) is 98.5 Å². The molecule has 1 fully saturated rings. The predicted octanol–water partition coefficient (Wildman–Crippen LogP) is 5.06. The molecular weight excluding hydrogens is 350 g/mol. The van der Waals surface area contributed by atoms with E-state index in [1.54, 1.807) is 12.4 Å². The summed E-state index contributed by atoms with van der Waals surface area (Å²) in [6.07, 6.45) is 13.7. The highest BCUT2D eigenvalue weighted by atomic mass is 16.3. The summed E-state index contributed by atoms with van der Waals surface area (Å²) in [6, 6.07) is 5.93. The van der Waals surface area contributed by atoms with Gasteiger partial charge in [0.05, 0.1) is 23.3 Å². The molecule has 0 atom stereocenters. The highest BCUT2D eigenvalue weighted by molar-refractivity contribution is 5.98. The Morgan fingerprint density at radius 1 is 1.18 bits per heavy atom. The molecule has 0 saturated heterocycles. The van der Waals surface area contributed by atoms with E-state index in [0.29, 0.717) is 5.82 Å². The fourth-order valence-corrected chi connectivity index (χ4v) is 3.55. The van der Waals surface area contributed by atoms with Crippen molar-refractivity contribution in [1.29, 1.82) is 5.26 Å². The number of hydrogen-bond acceptors (Lipinski definition) is 5. The van der Waals surface area contributed by atoms with Crippen molar-refractivity contribution in [3.63, 3.8) is 0 Å². The summed E-state index contributed by atoms with van der Waals surface area (Å²) in [5.41, 5.74) is 3.11. The zero-order chi connectivity index (χ0) is 20.2. The summed E-state index contributed by atoms with van der Waals surface area (Å²) < 4.78 is 0. The molecule has 4 rings (SSSR count). The maximum Gasteiger partial charge on any atom is 0.133 e. The van der Waals surface area contributed by atoms with Crippen molar-refractivity contribution in [1.82, 2.24) is 19.9 Å².